The van der Waals surface area contributed by atoms with E-state index < -0.39 is 0 Å². The van der Waals surface area contributed by atoms with Gasteiger partial charge in [0, 0.05) is 0 Å². The van der Waals surface area contributed by atoms with Crippen LogP contribution in [0.15, 0.2) is 42.0 Å². The Kier molecular flexibility index (Phi) is 2.53. The topological polar surface area (TPSA) is 0 Å². The number of rotatable bonds is 2. The highest BCUT2D eigenvalue weighted by atomic mass is 14.1. The van der Waals surface area contributed by atoms with Crippen LogP contribution in [0.4, 0.5) is 0 Å². The Hall–Kier alpha value is -1.30. The van der Waals surface area contributed by atoms with E-state index in [9.17, 15) is 0 Å². The van der Waals surface area contributed by atoms with E-state index in [0.717, 1.165) is 12.8 Å². The van der Waals surface area contributed by atoms with Gasteiger partial charge < -0.3 is 0 Å². The molecule has 0 aromatic heterocycles. The van der Waals surface area contributed by atoms with Gasteiger partial charge in [0.2, 0.25) is 0 Å². The van der Waals surface area contributed by atoms with E-state index >= 15 is 0 Å². The van der Waals surface area contributed by atoms with Gasteiger partial charge in [0.25, 0.3) is 0 Å². The normalized spacial score (nSPS) is 14.6. The largest absolute Gasteiger partial charge is 0.0804 e. The zero-order valence-electron chi connectivity index (χ0n) is 8.88. The van der Waals surface area contributed by atoms with E-state index in [1.165, 1.54) is 22.3 Å². The van der Waals surface area contributed by atoms with Gasteiger partial charge in [-0.2, -0.15) is 0 Å². The summed E-state index contributed by atoms with van der Waals surface area (Å²) in [6.07, 6.45) is 8.84. The van der Waals surface area contributed by atoms with Crippen molar-refractivity contribution in [2.24, 2.45) is 0 Å². The first-order chi connectivity index (χ1) is 6.75. The molecule has 0 saturated carbocycles. The van der Waals surface area contributed by atoms with Crippen molar-refractivity contribution in [2.75, 3.05) is 0 Å². The van der Waals surface area contributed by atoms with Crippen molar-refractivity contribution in [2.45, 2.75) is 26.7 Å². The predicted octanol–water partition coefficient (Wildman–Crippen LogP) is 3.73. The van der Waals surface area contributed by atoms with E-state index in [2.05, 4.69) is 50.3 Å². The molecule has 0 unspecified atom stereocenters. The third-order valence-electron chi connectivity index (χ3n) is 2.85. The van der Waals surface area contributed by atoms with Crippen LogP contribution in [0, 0.1) is 13.8 Å². The van der Waals surface area contributed by atoms with Crippen molar-refractivity contribution < 1.29 is 0 Å². The SMILES string of the molecule is Cc1ccc(CC2=CC=CC2)cc1C. The highest BCUT2D eigenvalue weighted by Crippen LogP contribution is 2.18. The zero-order valence-corrected chi connectivity index (χ0v) is 8.88. The van der Waals surface area contributed by atoms with Crippen molar-refractivity contribution >= 4 is 0 Å². The van der Waals surface area contributed by atoms with Crippen LogP contribution in [-0.2, 0) is 6.42 Å². The van der Waals surface area contributed by atoms with Crippen LogP contribution < -0.4 is 0 Å². The highest BCUT2D eigenvalue weighted by molar-refractivity contribution is 5.34. The van der Waals surface area contributed by atoms with Gasteiger partial charge in [-0.05, 0) is 43.4 Å². The average Bonchev–Trinajstić information content (AvgIpc) is 2.64. The molecule has 1 aliphatic rings. The summed E-state index contributed by atoms with van der Waals surface area (Å²) in [6, 6.07) is 6.75. The maximum absolute atomic E-state index is 2.30. The van der Waals surface area contributed by atoms with Crippen molar-refractivity contribution in [1.82, 2.24) is 0 Å². The second-order valence-electron chi connectivity index (χ2n) is 4.05. The molecule has 0 aliphatic heterocycles. The van der Waals surface area contributed by atoms with Gasteiger partial charge in [-0.25, -0.2) is 0 Å². The molecule has 0 saturated heterocycles. The number of hydrogen-bond donors (Lipinski definition) is 0. The average molecular weight is 184 g/mol. The third kappa shape index (κ3) is 1.95. The molecule has 0 fully saturated rings. The molecule has 0 bridgehead atoms. The Morgan fingerprint density at radius 1 is 1.14 bits per heavy atom. The third-order valence-corrected chi connectivity index (χ3v) is 2.85. The van der Waals surface area contributed by atoms with Gasteiger partial charge >= 0.3 is 0 Å². The molecule has 0 atom stereocenters. The summed E-state index contributed by atoms with van der Waals surface area (Å²) in [6.45, 7) is 4.34. The maximum Gasteiger partial charge on any atom is -0.00608 e. The lowest BCUT2D eigenvalue weighted by Crippen LogP contribution is -1.90. The summed E-state index contributed by atoms with van der Waals surface area (Å²) in [4.78, 5) is 0. The number of allylic oxidation sites excluding steroid dienone is 4. The van der Waals surface area contributed by atoms with Gasteiger partial charge in [-0.3, -0.25) is 0 Å². The Labute approximate surface area is 86.0 Å². The zero-order chi connectivity index (χ0) is 9.97. The summed E-state index contributed by atoms with van der Waals surface area (Å²) in [5.41, 5.74) is 5.73. The predicted molar refractivity (Wildman–Crippen MR) is 61.5 cm³/mol. The molecule has 2 rings (SSSR count). The summed E-state index contributed by atoms with van der Waals surface area (Å²) in [7, 11) is 0. The lowest BCUT2D eigenvalue weighted by Gasteiger charge is -2.05. The maximum atomic E-state index is 2.30. The van der Waals surface area contributed by atoms with Crippen molar-refractivity contribution in [1.29, 1.82) is 0 Å². The van der Waals surface area contributed by atoms with Crippen LogP contribution >= 0.6 is 0 Å². The summed E-state index contributed by atoms with van der Waals surface area (Å²) >= 11 is 0. The quantitative estimate of drug-likeness (QED) is 0.657. The number of benzene rings is 1. The minimum Gasteiger partial charge on any atom is -0.0804 e. The summed E-state index contributed by atoms with van der Waals surface area (Å²) in [5, 5.41) is 0. The smallest absolute Gasteiger partial charge is 0.00608 e. The molecular weight excluding hydrogens is 168 g/mol. The minimum atomic E-state index is 1.11. The number of hydrogen-bond acceptors (Lipinski definition) is 0. The first-order valence-electron chi connectivity index (χ1n) is 5.16. The molecule has 1 aliphatic carbocycles. The van der Waals surface area contributed by atoms with E-state index in [0.29, 0.717) is 0 Å². The second-order valence-corrected chi connectivity index (χ2v) is 4.05. The fraction of sp³-hybridized carbons (Fsp3) is 0.286. The monoisotopic (exact) mass is 184 g/mol. The van der Waals surface area contributed by atoms with Crippen LogP contribution in [0.3, 0.4) is 0 Å². The molecule has 0 radical (unpaired) electrons. The summed E-state index contributed by atoms with van der Waals surface area (Å²) in [5.74, 6) is 0. The Balaban J connectivity index is 2.14. The van der Waals surface area contributed by atoms with Crippen LogP contribution in [0.25, 0.3) is 0 Å². The van der Waals surface area contributed by atoms with Gasteiger partial charge in [0.15, 0.2) is 0 Å². The van der Waals surface area contributed by atoms with Crippen molar-refractivity contribution in [3.8, 4) is 0 Å². The van der Waals surface area contributed by atoms with E-state index in [1.807, 2.05) is 0 Å². The Bertz CT molecular complexity index is 394. The fourth-order valence-corrected chi connectivity index (χ4v) is 1.80. The summed E-state index contributed by atoms with van der Waals surface area (Å²) < 4.78 is 0. The standard InChI is InChI=1S/C14H16/c1-11-7-8-14(9-12(11)2)10-13-5-3-4-6-13/h3-5,7-9H,6,10H2,1-2H3. The highest BCUT2D eigenvalue weighted by Gasteiger charge is 2.02. The van der Waals surface area contributed by atoms with Crippen LogP contribution in [0.2, 0.25) is 0 Å². The van der Waals surface area contributed by atoms with Crippen molar-refractivity contribution in [3.63, 3.8) is 0 Å². The van der Waals surface area contributed by atoms with Gasteiger partial charge in [-0.1, -0.05) is 42.0 Å². The van der Waals surface area contributed by atoms with Crippen LogP contribution in [0.1, 0.15) is 23.1 Å². The minimum absolute atomic E-state index is 1.11. The van der Waals surface area contributed by atoms with E-state index in [1.54, 1.807) is 0 Å². The fourth-order valence-electron chi connectivity index (χ4n) is 1.80. The molecule has 1 aromatic rings. The molecular formula is C14H16. The van der Waals surface area contributed by atoms with E-state index in [-0.39, 0.29) is 0 Å². The van der Waals surface area contributed by atoms with Gasteiger partial charge in [-0.15, -0.1) is 0 Å². The van der Waals surface area contributed by atoms with Crippen LogP contribution in [-0.4, -0.2) is 0 Å². The lowest BCUT2D eigenvalue weighted by atomic mass is 10.0. The molecule has 0 nitrogen and oxygen atoms in total. The molecule has 0 amide bonds. The Morgan fingerprint density at radius 2 is 2.00 bits per heavy atom. The lowest BCUT2D eigenvalue weighted by molar-refractivity contribution is 1.08. The second kappa shape index (κ2) is 3.83. The number of aryl methyl sites for hydroxylation is 2. The molecule has 14 heavy (non-hydrogen) atoms. The van der Waals surface area contributed by atoms with Gasteiger partial charge in [0.1, 0.15) is 0 Å². The first-order valence-corrected chi connectivity index (χ1v) is 5.16. The molecule has 72 valence electrons. The van der Waals surface area contributed by atoms with E-state index in [4.69, 9.17) is 0 Å². The Morgan fingerprint density at radius 3 is 2.64 bits per heavy atom. The van der Waals surface area contributed by atoms with Crippen molar-refractivity contribution in [3.05, 3.63) is 58.7 Å². The molecule has 1 aromatic carbocycles. The molecule has 0 spiro atoms. The first kappa shape index (κ1) is 9.26. The van der Waals surface area contributed by atoms with Gasteiger partial charge in [0.05, 0.1) is 0 Å². The molecule has 0 N–H and O–H groups in total. The molecule has 0 heterocycles. The van der Waals surface area contributed by atoms with Crippen LogP contribution in [0.5, 0.6) is 0 Å². The molecule has 0 heteroatoms.